The minimum absolute atomic E-state index is 0.231. The molecule has 0 amide bonds. The highest BCUT2D eigenvalue weighted by Gasteiger charge is 2.32. The number of rotatable bonds is 7. The van der Waals surface area contributed by atoms with Gasteiger partial charge in [0.25, 0.3) is 0 Å². The van der Waals surface area contributed by atoms with Crippen molar-refractivity contribution in [1.29, 1.82) is 0 Å². The summed E-state index contributed by atoms with van der Waals surface area (Å²) in [5, 5.41) is 25.9. The van der Waals surface area contributed by atoms with E-state index in [1.807, 2.05) is 25.2 Å². The Labute approximate surface area is 216 Å². The molecule has 0 spiro atoms. The number of aromatic hydroxyl groups is 1. The number of likely N-dealkylation sites (tertiary alicyclic amines) is 1. The van der Waals surface area contributed by atoms with Crippen molar-refractivity contribution in [3.8, 4) is 17.0 Å². The highest BCUT2D eigenvalue weighted by molar-refractivity contribution is 5.75. The molecule has 2 aromatic rings. The van der Waals surface area contributed by atoms with Crippen LogP contribution in [-0.4, -0.2) is 96.6 Å². The normalized spacial score (nSPS) is 23.2. The van der Waals surface area contributed by atoms with Gasteiger partial charge in [-0.15, -0.1) is 10.2 Å². The zero-order valence-electron chi connectivity index (χ0n) is 22.0. The molecule has 1 aromatic carbocycles. The monoisotopic (exact) mass is 493 g/mol. The summed E-state index contributed by atoms with van der Waals surface area (Å²) in [6, 6.07) is 10.5. The van der Waals surface area contributed by atoms with Gasteiger partial charge >= 0.3 is 0 Å². The minimum atomic E-state index is 0.231. The molecule has 5 rings (SSSR count). The maximum atomic E-state index is 10.3. The van der Waals surface area contributed by atoms with Crippen LogP contribution >= 0.6 is 0 Å². The predicted octanol–water partition coefficient (Wildman–Crippen LogP) is 3.26. The molecular formula is C28H43N7O. The third-order valence-electron chi connectivity index (χ3n) is 8.54. The number of phenolic OH excluding ortho intramolecular Hbond substituents is 1. The van der Waals surface area contributed by atoms with Gasteiger partial charge in [0.05, 0.1) is 11.4 Å². The van der Waals surface area contributed by atoms with Crippen molar-refractivity contribution < 1.29 is 5.11 Å². The lowest BCUT2D eigenvalue weighted by Crippen LogP contribution is -2.57. The van der Waals surface area contributed by atoms with E-state index in [2.05, 4.69) is 48.5 Å². The Morgan fingerprint density at radius 2 is 1.81 bits per heavy atom. The molecule has 0 radical (unpaired) electrons. The van der Waals surface area contributed by atoms with Crippen LogP contribution in [0.2, 0.25) is 0 Å². The molecule has 3 fully saturated rings. The molecule has 36 heavy (non-hydrogen) atoms. The van der Waals surface area contributed by atoms with Crippen LogP contribution in [0.15, 0.2) is 30.3 Å². The second kappa shape index (κ2) is 11.8. The largest absolute Gasteiger partial charge is 0.507 e. The number of anilines is 2. The standard InChI is InChI=1S/C28H43N7O/c1-21-20-34(23-10-15-33(16-11-23)14-9-22-7-12-30-13-8-22)17-18-35(21)26-19-25(31-32-28(26)29-2)24-5-3-4-6-27(24)36/h3-6,19,21-23,30,36H,7-18,20H2,1-2H3,(H,29,32)/t21-/m0/s1. The Bertz CT molecular complexity index is 988. The number of para-hydroxylation sites is 1. The van der Waals surface area contributed by atoms with Crippen LogP contribution in [-0.2, 0) is 0 Å². The van der Waals surface area contributed by atoms with Gasteiger partial charge in [-0.2, -0.15) is 0 Å². The van der Waals surface area contributed by atoms with Gasteiger partial charge in [-0.05, 0) is 95.9 Å². The number of hydrogen-bond donors (Lipinski definition) is 3. The minimum Gasteiger partial charge on any atom is -0.507 e. The molecule has 3 saturated heterocycles. The summed E-state index contributed by atoms with van der Waals surface area (Å²) in [7, 11) is 1.90. The quantitative estimate of drug-likeness (QED) is 0.543. The molecule has 3 aliphatic heterocycles. The molecule has 3 aliphatic rings. The van der Waals surface area contributed by atoms with Crippen molar-refractivity contribution in [3.63, 3.8) is 0 Å². The van der Waals surface area contributed by atoms with E-state index in [0.29, 0.717) is 23.3 Å². The summed E-state index contributed by atoms with van der Waals surface area (Å²) < 4.78 is 0. The number of piperidine rings is 2. The fraction of sp³-hybridized carbons (Fsp3) is 0.643. The predicted molar refractivity (Wildman–Crippen MR) is 147 cm³/mol. The summed E-state index contributed by atoms with van der Waals surface area (Å²) in [6.45, 7) is 11.6. The zero-order valence-corrected chi connectivity index (χ0v) is 22.0. The Morgan fingerprint density at radius 3 is 2.53 bits per heavy atom. The van der Waals surface area contributed by atoms with Gasteiger partial charge < -0.3 is 25.5 Å². The van der Waals surface area contributed by atoms with E-state index in [0.717, 1.165) is 37.1 Å². The van der Waals surface area contributed by atoms with E-state index >= 15 is 0 Å². The van der Waals surface area contributed by atoms with E-state index < -0.39 is 0 Å². The van der Waals surface area contributed by atoms with Gasteiger partial charge in [0.1, 0.15) is 5.75 Å². The molecule has 1 atom stereocenters. The maximum absolute atomic E-state index is 10.3. The number of benzene rings is 1. The molecule has 3 N–H and O–H groups in total. The molecule has 1 aromatic heterocycles. The van der Waals surface area contributed by atoms with Crippen LogP contribution in [0.4, 0.5) is 11.5 Å². The molecule has 8 nitrogen and oxygen atoms in total. The summed E-state index contributed by atoms with van der Waals surface area (Å²) in [5.74, 6) is 1.95. The molecule has 0 saturated carbocycles. The number of nitrogens with zero attached hydrogens (tertiary/aromatic N) is 5. The molecular weight excluding hydrogens is 450 g/mol. The molecule has 4 heterocycles. The van der Waals surface area contributed by atoms with Crippen LogP contribution in [0.3, 0.4) is 0 Å². The van der Waals surface area contributed by atoms with Gasteiger partial charge in [-0.25, -0.2) is 0 Å². The van der Waals surface area contributed by atoms with Crippen molar-refractivity contribution in [1.82, 2.24) is 25.3 Å². The first-order chi connectivity index (χ1) is 17.6. The first-order valence-corrected chi connectivity index (χ1v) is 13.9. The van der Waals surface area contributed by atoms with E-state index in [9.17, 15) is 5.11 Å². The maximum Gasteiger partial charge on any atom is 0.172 e. The van der Waals surface area contributed by atoms with Crippen LogP contribution in [0, 0.1) is 5.92 Å². The summed E-state index contributed by atoms with van der Waals surface area (Å²) in [4.78, 5) is 7.89. The van der Waals surface area contributed by atoms with E-state index in [1.54, 1.807) is 6.07 Å². The van der Waals surface area contributed by atoms with Gasteiger partial charge in [0.2, 0.25) is 0 Å². The summed E-state index contributed by atoms with van der Waals surface area (Å²) in [6.07, 6.45) is 6.66. The smallest absolute Gasteiger partial charge is 0.172 e. The van der Waals surface area contributed by atoms with E-state index in [4.69, 9.17) is 0 Å². The fourth-order valence-electron chi connectivity index (χ4n) is 6.32. The van der Waals surface area contributed by atoms with E-state index in [1.165, 1.54) is 64.8 Å². The Kier molecular flexibility index (Phi) is 8.24. The van der Waals surface area contributed by atoms with Crippen molar-refractivity contribution >= 4 is 11.5 Å². The molecule has 196 valence electrons. The average molecular weight is 494 g/mol. The van der Waals surface area contributed by atoms with Gasteiger partial charge in [0.15, 0.2) is 5.82 Å². The van der Waals surface area contributed by atoms with Crippen molar-refractivity contribution in [3.05, 3.63) is 30.3 Å². The number of aromatic nitrogens is 2. The van der Waals surface area contributed by atoms with Gasteiger partial charge in [-0.1, -0.05) is 12.1 Å². The molecule has 0 unspecified atom stereocenters. The van der Waals surface area contributed by atoms with Gasteiger partial charge in [-0.3, -0.25) is 4.90 Å². The topological polar surface area (TPSA) is 79.8 Å². The Hall–Kier alpha value is -2.42. The zero-order chi connectivity index (χ0) is 24.9. The van der Waals surface area contributed by atoms with Crippen molar-refractivity contribution in [2.75, 3.05) is 69.6 Å². The van der Waals surface area contributed by atoms with Crippen molar-refractivity contribution in [2.24, 2.45) is 5.92 Å². The van der Waals surface area contributed by atoms with Crippen LogP contribution in [0.25, 0.3) is 11.3 Å². The second-order valence-electron chi connectivity index (χ2n) is 10.8. The highest BCUT2D eigenvalue weighted by atomic mass is 16.3. The number of hydrogen-bond acceptors (Lipinski definition) is 8. The first-order valence-electron chi connectivity index (χ1n) is 13.9. The first kappa shape index (κ1) is 25.2. The van der Waals surface area contributed by atoms with Gasteiger partial charge in [0, 0.05) is 44.3 Å². The summed E-state index contributed by atoms with van der Waals surface area (Å²) in [5.41, 5.74) is 2.48. The Balaban J connectivity index is 1.17. The number of piperazine rings is 1. The average Bonchev–Trinajstić information content (AvgIpc) is 2.93. The fourth-order valence-corrected chi connectivity index (χ4v) is 6.32. The lowest BCUT2D eigenvalue weighted by Gasteiger charge is -2.46. The highest BCUT2D eigenvalue weighted by Crippen LogP contribution is 2.34. The van der Waals surface area contributed by atoms with Crippen LogP contribution < -0.4 is 15.5 Å². The number of phenols is 1. The lowest BCUT2D eigenvalue weighted by molar-refractivity contribution is 0.0900. The lowest BCUT2D eigenvalue weighted by atomic mass is 9.93. The molecule has 0 aliphatic carbocycles. The number of nitrogens with one attached hydrogen (secondary N) is 2. The SMILES string of the molecule is CNc1nnc(-c2ccccc2O)cc1N1CCN(C2CCN(CCC3CCNCC3)CC2)C[C@@H]1C. The van der Waals surface area contributed by atoms with Crippen molar-refractivity contribution in [2.45, 2.75) is 51.1 Å². The third kappa shape index (κ3) is 5.76. The third-order valence-corrected chi connectivity index (χ3v) is 8.54. The second-order valence-corrected chi connectivity index (χ2v) is 10.8. The van der Waals surface area contributed by atoms with E-state index in [-0.39, 0.29) is 5.75 Å². The molecule has 8 heteroatoms. The van der Waals surface area contributed by atoms with Crippen LogP contribution in [0.5, 0.6) is 5.75 Å². The summed E-state index contributed by atoms with van der Waals surface area (Å²) >= 11 is 0. The van der Waals surface area contributed by atoms with Crippen LogP contribution in [0.1, 0.15) is 39.0 Å². The molecule has 0 bridgehead atoms. The Morgan fingerprint density at radius 1 is 1.03 bits per heavy atom.